The summed E-state index contributed by atoms with van der Waals surface area (Å²) in [5.74, 6) is -3.45. The molecule has 0 unspecified atom stereocenters. The van der Waals surface area contributed by atoms with Gasteiger partial charge in [-0.05, 0) is 36.8 Å². The van der Waals surface area contributed by atoms with Crippen molar-refractivity contribution < 1.29 is 33.0 Å². The van der Waals surface area contributed by atoms with E-state index in [1.54, 1.807) is 5.32 Å². The number of phenolic OH excluding ortho intramolecular Hbond substituents is 2. The number of hydrogen-bond acceptors (Lipinski definition) is 5. The monoisotopic (exact) mass is 381 g/mol. The maximum atomic E-state index is 12.3. The van der Waals surface area contributed by atoms with Crippen LogP contribution in [-0.2, 0) is 4.79 Å². The standard InChI is InChI=1S/C17H14F3N3O4/c1-9(22-23-15(26)11-6-13(24)8-14(25)7-11)10-3-2-4-12(5-10)21-16(27)17(18,19)20/h2-8,24-25H,1H3,(H,21,27)(H,23,26). The Labute approximate surface area is 151 Å². The first-order valence-electron chi connectivity index (χ1n) is 7.42. The molecule has 0 saturated carbocycles. The first-order valence-corrected chi connectivity index (χ1v) is 7.42. The average molecular weight is 381 g/mol. The number of halogens is 3. The van der Waals surface area contributed by atoms with Gasteiger partial charge in [0.25, 0.3) is 5.91 Å². The third-order valence-electron chi connectivity index (χ3n) is 3.29. The van der Waals surface area contributed by atoms with Crippen molar-refractivity contribution in [3.63, 3.8) is 0 Å². The second-order valence-corrected chi connectivity index (χ2v) is 5.41. The van der Waals surface area contributed by atoms with Crippen LogP contribution in [0.3, 0.4) is 0 Å². The second kappa shape index (κ2) is 7.77. The van der Waals surface area contributed by atoms with E-state index in [0.717, 1.165) is 18.2 Å². The van der Waals surface area contributed by atoms with E-state index >= 15 is 0 Å². The van der Waals surface area contributed by atoms with Crippen LogP contribution in [0, 0.1) is 0 Å². The Hall–Kier alpha value is -3.56. The lowest BCUT2D eigenvalue weighted by Crippen LogP contribution is -2.29. The maximum absolute atomic E-state index is 12.3. The minimum Gasteiger partial charge on any atom is -0.508 e. The Bertz CT molecular complexity index is 890. The minimum atomic E-state index is -5.01. The lowest BCUT2D eigenvalue weighted by atomic mass is 10.1. The number of hydrogen-bond donors (Lipinski definition) is 4. The van der Waals surface area contributed by atoms with E-state index in [4.69, 9.17) is 0 Å². The van der Waals surface area contributed by atoms with Gasteiger partial charge in [0.15, 0.2) is 0 Å². The molecule has 2 rings (SSSR count). The summed E-state index contributed by atoms with van der Waals surface area (Å²) in [6, 6.07) is 8.75. The molecule has 0 atom stereocenters. The van der Waals surface area contributed by atoms with E-state index in [-0.39, 0.29) is 28.5 Å². The summed E-state index contributed by atoms with van der Waals surface area (Å²) >= 11 is 0. The van der Waals surface area contributed by atoms with Crippen molar-refractivity contribution >= 4 is 23.2 Å². The van der Waals surface area contributed by atoms with E-state index in [2.05, 4.69) is 10.5 Å². The smallest absolute Gasteiger partial charge is 0.471 e. The van der Waals surface area contributed by atoms with Crippen LogP contribution >= 0.6 is 0 Å². The number of carbonyl (C=O) groups excluding carboxylic acids is 2. The minimum absolute atomic E-state index is 0.0461. The third-order valence-corrected chi connectivity index (χ3v) is 3.29. The van der Waals surface area contributed by atoms with Gasteiger partial charge in [0.1, 0.15) is 11.5 Å². The maximum Gasteiger partial charge on any atom is 0.471 e. The molecule has 10 heteroatoms. The number of alkyl halides is 3. The highest BCUT2D eigenvalue weighted by atomic mass is 19.4. The number of phenols is 2. The molecule has 0 bridgehead atoms. The summed E-state index contributed by atoms with van der Waals surface area (Å²) < 4.78 is 36.9. The first kappa shape index (κ1) is 19.8. The van der Waals surface area contributed by atoms with Crippen LogP contribution in [0.4, 0.5) is 18.9 Å². The summed E-state index contributed by atoms with van der Waals surface area (Å²) in [4.78, 5) is 23.0. The van der Waals surface area contributed by atoms with Gasteiger partial charge in [-0.15, -0.1) is 0 Å². The predicted molar refractivity (Wildman–Crippen MR) is 90.6 cm³/mol. The Balaban J connectivity index is 2.12. The van der Waals surface area contributed by atoms with E-state index in [1.807, 2.05) is 0 Å². The van der Waals surface area contributed by atoms with Crippen LogP contribution in [0.5, 0.6) is 11.5 Å². The molecule has 27 heavy (non-hydrogen) atoms. The van der Waals surface area contributed by atoms with Gasteiger partial charge in [0, 0.05) is 17.3 Å². The molecule has 2 aromatic carbocycles. The Morgan fingerprint density at radius 2 is 1.63 bits per heavy atom. The molecule has 4 N–H and O–H groups in total. The molecule has 0 aliphatic heterocycles. The van der Waals surface area contributed by atoms with Crippen molar-refractivity contribution in [1.29, 1.82) is 0 Å². The van der Waals surface area contributed by atoms with Crippen molar-refractivity contribution in [3.8, 4) is 11.5 Å². The quantitative estimate of drug-likeness (QED) is 0.482. The van der Waals surface area contributed by atoms with Crippen molar-refractivity contribution in [2.45, 2.75) is 13.1 Å². The lowest BCUT2D eigenvalue weighted by Gasteiger charge is -2.09. The van der Waals surface area contributed by atoms with Gasteiger partial charge in [0.05, 0.1) is 5.71 Å². The molecule has 0 aromatic heterocycles. The van der Waals surface area contributed by atoms with Gasteiger partial charge in [-0.3, -0.25) is 9.59 Å². The summed E-state index contributed by atoms with van der Waals surface area (Å²) in [7, 11) is 0. The van der Waals surface area contributed by atoms with Gasteiger partial charge >= 0.3 is 12.1 Å². The predicted octanol–water partition coefficient (Wildman–Crippen LogP) is 2.75. The number of carbonyl (C=O) groups is 2. The second-order valence-electron chi connectivity index (χ2n) is 5.41. The Morgan fingerprint density at radius 1 is 1.00 bits per heavy atom. The molecule has 0 spiro atoms. The molecule has 0 aliphatic carbocycles. The van der Waals surface area contributed by atoms with Gasteiger partial charge in [-0.25, -0.2) is 5.43 Å². The fraction of sp³-hybridized carbons (Fsp3) is 0.118. The van der Waals surface area contributed by atoms with Crippen LogP contribution in [0.2, 0.25) is 0 Å². The summed E-state index contributed by atoms with van der Waals surface area (Å²) in [6.45, 7) is 1.49. The molecular formula is C17H14F3N3O4. The van der Waals surface area contributed by atoms with Gasteiger partial charge in [-0.2, -0.15) is 18.3 Å². The van der Waals surface area contributed by atoms with Crippen LogP contribution in [0.25, 0.3) is 0 Å². The number of amides is 2. The molecule has 0 fully saturated rings. The largest absolute Gasteiger partial charge is 0.508 e. The molecule has 142 valence electrons. The number of hydrazone groups is 1. The molecule has 2 aromatic rings. The zero-order chi connectivity index (χ0) is 20.2. The van der Waals surface area contributed by atoms with Crippen LogP contribution in [0.15, 0.2) is 47.6 Å². The van der Waals surface area contributed by atoms with Gasteiger partial charge in [-0.1, -0.05) is 12.1 Å². The van der Waals surface area contributed by atoms with Crippen molar-refractivity contribution in [2.24, 2.45) is 5.10 Å². The fourth-order valence-corrected chi connectivity index (χ4v) is 2.01. The van der Waals surface area contributed by atoms with E-state index < -0.39 is 18.0 Å². The normalized spacial score (nSPS) is 11.8. The zero-order valence-corrected chi connectivity index (χ0v) is 13.8. The van der Waals surface area contributed by atoms with Crippen LogP contribution in [-0.4, -0.2) is 33.9 Å². The summed E-state index contributed by atoms with van der Waals surface area (Å²) in [5, 5.41) is 24.3. The number of anilines is 1. The lowest BCUT2D eigenvalue weighted by molar-refractivity contribution is -0.167. The molecule has 2 amide bonds. The zero-order valence-electron chi connectivity index (χ0n) is 13.8. The Morgan fingerprint density at radius 3 is 2.22 bits per heavy atom. The highest BCUT2D eigenvalue weighted by Crippen LogP contribution is 2.21. The molecule has 0 radical (unpaired) electrons. The van der Waals surface area contributed by atoms with Crippen molar-refractivity contribution in [1.82, 2.24) is 5.43 Å². The van der Waals surface area contributed by atoms with Gasteiger partial charge < -0.3 is 15.5 Å². The first-order chi connectivity index (χ1) is 12.6. The fourth-order valence-electron chi connectivity index (χ4n) is 2.01. The number of nitrogens with one attached hydrogen (secondary N) is 2. The van der Waals surface area contributed by atoms with Crippen molar-refractivity contribution in [2.75, 3.05) is 5.32 Å². The van der Waals surface area contributed by atoms with Crippen LogP contribution < -0.4 is 10.7 Å². The highest BCUT2D eigenvalue weighted by molar-refractivity contribution is 6.02. The van der Waals surface area contributed by atoms with Crippen molar-refractivity contribution in [3.05, 3.63) is 53.6 Å². The third kappa shape index (κ3) is 5.46. The molecule has 0 heterocycles. The number of aromatic hydroxyl groups is 2. The van der Waals surface area contributed by atoms with E-state index in [1.165, 1.54) is 31.2 Å². The molecule has 0 aliphatic rings. The summed E-state index contributed by atoms with van der Waals surface area (Å²) in [6.07, 6.45) is -5.01. The van der Waals surface area contributed by atoms with E-state index in [9.17, 15) is 33.0 Å². The SMILES string of the molecule is CC(=NNC(=O)c1cc(O)cc(O)c1)c1cccc(NC(=O)C(F)(F)F)c1. The number of benzene rings is 2. The molecule has 7 nitrogen and oxygen atoms in total. The Kier molecular flexibility index (Phi) is 5.69. The highest BCUT2D eigenvalue weighted by Gasteiger charge is 2.38. The molecular weight excluding hydrogens is 367 g/mol. The van der Waals surface area contributed by atoms with Gasteiger partial charge in [0.2, 0.25) is 0 Å². The molecule has 0 saturated heterocycles. The average Bonchev–Trinajstić information content (AvgIpc) is 2.57. The van der Waals surface area contributed by atoms with Crippen LogP contribution in [0.1, 0.15) is 22.8 Å². The number of nitrogens with zero attached hydrogens (tertiary/aromatic N) is 1. The van der Waals surface area contributed by atoms with E-state index in [0.29, 0.717) is 5.56 Å². The summed E-state index contributed by atoms with van der Waals surface area (Å²) in [5.41, 5.74) is 2.66. The topological polar surface area (TPSA) is 111 Å². The number of rotatable bonds is 4.